The van der Waals surface area contributed by atoms with Gasteiger partial charge in [0.25, 0.3) is 0 Å². The number of likely N-dealkylation sites (N-methyl/N-ethyl adjacent to an activating group) is 1. The maximum Gasteiger partial charge on any atom is 0.222 e. The molecule has 3 heterocycles. The fourth-order valence-corrected chi connectivity index (χ4v) is 5.91. The first-order valence-corrected chi connectivity index (χ1v) is 13.6. The Morgan fingerprint density at radius 3 is 2.77 bits per heavy atom. The van der Waals surface area contributed by atoms with E-state index in [4.69, 9.17) is 4.74 Å². The summed E-state index contributed by atoms with van der Waals surface area (Å²) >= 11 is 1.77. The van der Waals surface area contributed by atoms with E-state index in [0.29, 0.717) is 32.2 Å². The second-order valence-electron chi connectivity index (χ2n) is 9.70. The second kappa shape index (κ2) is 11.4. The minimum Gasteiger partial charge on any atom is -0.491 e. The van der Waals surface area contributed by atoms with Crippen molar-refractivity contribution in [1.82, 2.24) is 14.7 Å². The molecule has 2 aliphatic heterocycles. The van der Waals surface area contributed by atoms with Gasteiger partial charge in [-0.15, -0.1) is 11.3 Å². The number of benzene rings is 2. The van der Waals surface area contributed by atoms with Crippen LogP contribution in [0.3, 0.4) is 0 Å². The summed E-state index contributed by atoms with van der Waals surface area (Å²) in [6.07, 6.45) is 2.46. The van der Waals surface area contributed by atoms with Crippen molar-refractivity contribution in [2.75, 3.05) is 39.8 Å². The van der Waals surface area contributed by atoms with Crippen molar-refractivity contribution in [2.45, 2.75) is 38.4 Å². The molecule has 2 aliphatic rings. The van der Waals surface area contributed by atoms with Crippen LogP contribution in [-0.4, -0.2) is 60.4 Å². The molecule has 0 saturated carbocycles. The number of thiophene rings is 1. The predicted molar refractivity (Wildman–Crippen MR) is 142 cm³/mol. The van der Waals surface area contributed by atoms with E-state index in [9.17, 15) is 4.79 Å². The quantitative estimate of drug-likeness (QED) is 0.469. The molecule has 1 atom stereocenters. The number of ether oxygens (including phenoxy) is 1. The van der Waals surface area contributed by atoms with E-state index in [1.807, 2.05) is 4.90 Å². The highest BCUT2D eigenvalue weighted by Crippen LogP contribution is 2.29. The van der Waals surface area contributed by atoms with Crippen LogP contribution in [0.4, 0.5) is 0 Å². The summed E-state index contributed by atoms with van der Waals surface area (Å²) in [7, 11) is 2.21. The average Bonchev–Trinajstić information content (AvgIpc) is 3.30. The molecule has 0 unspecified atom stereocenters. The number of fused-ring (bicyclic) bond motifs is 1. The van der Waals surface area contributed by atoms with Gasteiger partial charge in [-0.1, -0.05) is 42.5 Å². The van der Waals surface area contributed by atoms with Crippen LogP contribution < -0.4 is 4.74 Å². The summed E-state index contributed by atoms with van der Waals surface area (Å²) in [5, 5.41) is 2.10. The fraction of sp³-hybridized carbons (Fsp3) is 0.414. The Morgan fingerprint density at radius 1 is 1.06 bits per heavy atom. The van der Waals surface area contributed by atoms with Crippen LogP contribution in [0.25, 0.3) is 0 Å². The molecule has 35 heavy (non-hydrogen) atoms. The van der Waals surface area contributed by atoms with E-state index >= 15 is 0 Å². The molecule has 5 nitrogen and oxygen atoms in total. The molecular weight excluding hydrogens is 454 g/mol. The molecule has 0 spiro atoms. The first-order chi connectivity index (χ1) is 17.2. The van der Waals surface area contributed by atoms with Gasteiger partial charge in [-0.2, -0.15) is 0 Å². The van der Waals surface area contributed by atoms with Crippen LogP contribution in [0, 0.1) is 0 Å². The molecule has 1 saturated heterocycles. The minimum absolute atomic E-state index is 0.228. The maximum atomic E-state index is 13.0. The number of hydrogen-bond acceptors (Lipinski definition) is 5. The maximum absolute atomic E-state index is 13.0. The summed E-state index contributed by atoms with van der Waals surface area (Å²) in [6, 6.07) is 22.0. The summed E-state index contributed by atoms with van der Waals surface area (Å²) in [4.78, 5) is 21.3. The van der Waals surface area contributed by atoms with Crippen LogP contribution in [0.2, 0.25) is 0 Å². The SMILES string of the molecule is CN1CCN(Cc2ccc3c(c2)CN(C(=O)CCCc2cccs2)CCO3)[C@@H](c2ccccc2)C1. The van der Waals surface area contributed by atoms with Gasteiger partial charge in [0.05, 0.1) is 6.54 Å². The van der Waals surface area contributed by atoms with Gasteiger partial charge in [0, 0.05) is 55.6 Å². The third kappa shape index (κ3) is 6.13. The van der Waals surface area contributed by atoms with Gasteiger partial charge in [-0.05, 0) is 54.6 Å². The number of carbonyl (C=O) groups excluding carboxylic acids is 1. The van der Waals surface area contributed by atoms with Crippen molar-refractivity contribution in [3.63, 3.8) is 0 Å². The smallest absolute Gasteiger partial charge is 0.222 e. The lowest BCUT2D eigenvalue weighted by atomic mass is 10.0. The van der Waals surface area contributed by atoms with Gasteiger partial charge in [0.1, 0.15) is 12.4 Å². The molecule has 0 aliphatic carbocycles. The van der Waals surface area contributed by atoms with E-state index in [1.165, 1.54) is 16.0 Å². The highest BCUT2D eigenvalue weighted by atomic mass is 32.1. The number of aryl methyl sites for hydroxylation is 1. The number of rotatable bonds is 7. The summed E-state index contributed by atoms with van der Waals surface area (Å²) in [5.41, 5.74) is 3.78. The Hall–Kier alpha value is -2.67. The average molecular weight is 490 g/mol. The van der Waals surface area contributed by atoms with Gasteiger partial charge in [0.15, 0.2) is 0 Å². The van der Waals surface area contributed by atoms with Gasteiger partial charge in [-0.3, -0.25) is 9.69 Å². The summed E-state index contributed by atoms with van der Waals surface area (Å²) < 4.78 is 6.03. The molecule has 184 valence electrons. The highest BCUT2D eigenvalue weighted by molar-refractivity contribution is 7.09. The Bertz CT molecular complexity index is 1100. The highest BCUT2D eigenvalue weighted by Gasteiger charge is 2.27. The van der Waals surface area contributed by atoms with E-state index in [-0.39, 0.29) is 5.91 Å². The van der Waals surface area contributed by atoms with E-state index < -0.39 is 0 Å². The van der Waals surface area contributed by atoms with Crippen molar-refractivity contribution >= 4 is 17.2 Å². The van der Waals surface area contributed by atoms with Gasteiger partial charge >= 0.3 is 0 Å². The topological polar surface area (TPSA) is 36.0 Å². The molecule has 5 rings (SSSR count). The lowest BCUT2D eigenvalue weighted by Gasteiger charge is -2.40. The third-order valence-corrected chi connectivity index (χ3v) is 8.05. The number of carbonyl (C=O) groups is 1. The number of piperazine rings is 1. The number of hydrogen-bond donors (Lipinski definition) is 0. The molecule has 1 amide bonds. The lowest BCUT2D eigenvalue weighted by molar-refractivity contribution is -0.132. The van der Waals surface area contributed by atoms with E-state index in [0.717, 1.165) is 50.3 Å². The molecule has 6 heteroatoms. The minimum atomic E-state index is 0.228. The van der Waals surface area contributed by atoms with Gasteiger partial charge < -0.3 is 14.5 Å². The lowest BCUT2D eigenvalue weighted by Crippen LogP contribution is -2.46. The van der Waals surface area contributed by atoms with Crippen molar-refractivity contribution in [3.05, 3.63) is 87.6 Å². The van der Waals surface area contributed by atoms with Crippen LogP contribution in [0.1, 0.15) is 40.5 Å². The fourth-order valence-electron chi connectivity index (χ4n) is 5.16. The summed E-state index contributed by atoms with van der Waals surface area (Å²) in [6.45, 7) is 5.88. The normalized spacial score (nSPS) is 19.1. The van der Waals surface area contributed by atoms with Gasteiger partial charge in [-0.25, -0.2) is 0 Å². The zero-order valence-corrected chi connectivity index (χ0v) is 21.4. The molecule has 0 radical (unpaired) electrons. The number of nitrogens with zero attached hydrogens (tertiary/aromatic N) is 3. The number of amides is 1. The second-order valence-corrected chi connectivity index (χ2v) is 10.7. The van der Waals surface area contributed by atoms with Crippen LogP contribution in [0.15, 0.2) is 66.0 Å². The molecule has 0 N–H and O–H groups in total. The van der Waals surface area contributed by atoms with Crippen molar-refractivity contribution < 1.29 is 9.53 Å². The molecule has 3 aromatic rings. The zero-order chi connectivity index (χ0) is 24.0. The van der Waals surface area contributed by atoms with Crippen LogP contribution in [0.5, 0.6) is 5.75 Å². The monoisotopic (exact) mass is 489 g/mol. The molecular formula is C29H35N3O2S. The largest absolute Gasteiger partial charge is 0.491 e. The zero-order valence-electron chi connectivity index (χ0n) is 20.6. The van der Waals surface area contributed by atoms with Crippen molar-refractivity contribution in [1.29, 1.82) is 0 Å². The van der Waals surface area contributed by atoms with E-state index in [1.54, 1.807) is 11.3 Å². The first-order valence-electron chi connectivity index (χ1n) is 12.7. The Morgan fingerprint density at radius 2 is 1.94 bits per heavy atom. The van der Waals surface area contributed by atoms with E-state index in [2.05, 4.69) is 82.9 Å². The Balaban J connectivity index is 1.25. The molecule has 2 aromatic carbocycles. The van der Waals surface area contributed by atoms with Gasteiger partial charge in [0.2, 0.25) is 5.91 Å². The molecule has 0 bridgehead atoms. The Kier molecular flexibility index (Phi) is 7.82. The van der Waals surface area contributed by atoms with Crippen molar-refractivity contribution in [2.24, 2.45) is 0 Å². The van der Waals surface area contributed by atoms with Crippen LogP contribution >= 0.6 is 11.3 Å². The predicted octanol–water partition coefficient (Wildman–Crippen LogP) is 4.98. The first kappa shape index (κ1) is 24.0. The third-order valence-electron chi connectivity index (χ3n) is 7.12. The standard InChI is InChI=1S/C29H35N3O2S/c1-30-14-15-31(27(22-30)24-7-3-2-4-8-24)20-23-12-13-28-25(19-23)21-32(16-17-34-28)29(33)11-5-9-26-10-6-18-35-26/h2-4,6-8,10,12-13,18-19,27H,5,9,11,14-17,20-22H2,1H3/t27-/m1/s1. The summed E-state index contributed by atoms with van der Waals surface area (Å²) in [5.74, 6) is 1.15. The van der Waals surface area contributed by atoms with Crippen LogP contribution in [-0.2, 0) is 24.3 Å². The Labute approximate surface area is 212 Å². The molecule has 1 fully saturated rings. The van der Waals surface area contributed by atoms with Crippen molar-refractivity contribution in [3.8, 4) is 5.75 Å². The molecule has 1 aromatic heterocycles.